The highest BCUT2D eigenvalue weighted by Crippen LogP contribution is 2.31. The number of hydrogen-bond donors (Lipinski definition) is 0. The molecule has 0 radical (unpaired) electrons. The maximum atomic E-state index is 5.69. The summed E-state index contributed by atoms with van der Waals surface area (Å²) in [6, 6.07) is 7.68. The van der Waals surface area contributed by atoms with Gasteiger partial charge in [0.2, 0.25) is 0 Å². The van der Waals surface area contributed by atoms with Gasteiger partial charge in [0.1, 0.15) is 11.9 Å². The van der Waals surface area contributed by atoms with Gasteiger partial charge in [0.25, 0.3) is 0 Å². The van der Waals surface area contributed by atoms with Crippen LogP contribution in [0.2, 0.25) is 0 Å². The molecule has 1 fully saturated rings. The molecule has 2 atom stereocenters. The lowest BCUT2D eigenvalue weighted by Crippen LogP contribution is -2.46. The third-order valence-electron chi connectivity index (χ3n) is 3.11. The summed E-state index contributed by atoms with van der Waals surface area (Å²) in [4.78, 5) is 4.49. The molecule has 3 nitrogen and oxygen atoms in total. The Kier molecular flexibility index (Phi) is 3.36. The molecule has 0 N–H and O–H groups in total. The molecular weight excluding hydrogens is 214 g/mol. The number of hydrogen-bond acceptors (Lipinski definition) is 3. The number of nitrogens with zero attached hydrogens (tertiary/aromatic N) is 1. The lowest BCUT2D eigenvalue weighted by atomic mass is 9.89. The Morgan fingerprint density at radius 2 is 1.88 bits per heavy atom. The highest BCUT2D eigenvalue weighted by Gasteiger charge is 2.38. The fourth-order valence-corrected chi connectivity index (χ4v) is 2.04. The van der Waals surface area contributed by atoms with Crippen LogP contribution >= 0.6 is 0 Å². The van der Waals surface area contributed by atoms with Crippen LogP contribution in [0.3, 0.4) is 0 Å². The Morgan fingerprint density at radius 3 is 2.35 bits per heavy atom. The first-order valence-electron chi connectivity index (χ1n) is 6.01. The minimum absolute atomic E-state index is 0.312. The number of aliphatic imine (C=N–C) groups is 1. The van der Waals surface area contributed by atoms with Crippen LogP contribution in [0.1, 0.15) is 20.8 Å². The first-order chi connectivity index (χ1) is 8.11. The summed E-state index contributed by atoms with van der Waals surface area (Å²) < 4.78 is 10.8. The van der Waals surface area contributed by atoms with Crippen LogP contribution in [0.4, 0.5) is 5.69 Å². The van der Waals surface area contributed by atoms with Crippen molar-refractivity contribution in [1.29, 1.82) is 0 Å². The van der Waals surface area contributed by atoms with Crippen molar-refractivity contribution in [1.82, 2.24) is 0 Å². The van der Waals surface area contributed by atoms with E-state index in [1.807, 2.05) is 24.3 Å². The zero-order valence-electron chi connectivity index (χ0n) is 10.8. The molecule has 92 valence electrons. The molecule has 0 aliphatic carbocycles. The van der Waals surface area contributed by atoms with Gasteiger partial charge in [-0.25, -0.2) is 4.99 Å². The zero-order valence-corrected chi connectivity index (χ0v) is 10.8. The van der Waals surface area contributed by atoms with Gasteiger partial charge in [-0.3, -0.25) is 0 Å². The predicted octanol–water partition coefficient (Wildman–Crippen LogP) is 3.42. The Bertz CT molecular complexity index is 409. The van der Waals surface area contributed by atoms with Gasteiger partial charge < -0.3 is 9.47 Å². The maximum absolute atomic E-state index is 5.69. The van der Waals surface area contributed by atoms with Gasteiger partial charge in [-0.05, 0) is 30.2 Å². The van der Waals surface area contributed by atoms with E-state index in [4.69, 9.17) is 9.47 Å². The minimum Gasteiger partial charge on any atom is -0.497 e. The number of rotatable bonds is 3. The molecule has 1 aliphatic rings. The fraction of sp³-hybridized carbons (Fsp3) is 0.500. The second kappa shape index (κ2) is 4.78. The summed E-state index contributed by atoms with van der Waals surface area (Å²) in [6.45, 7) is 6.51. The first-order valence-corrected chi connectivity index (χ1v) is 6.01. The van der Waals surface area contributed by atoms with Crippen LogP contribution in [0.5, 0.6) is 5.75 Å². The van der Waals surface area contributed by atoms with E-state index in [1.54, 1.807) is 7.11 Å². The van der Waals surface area contributed by atoms with Crippen molar-refractivity contribution in [3.63, 3.8) is 0 Å². The molecule has 0 unspecified atom stereocenters. The normalized spacial score (nSPS) is 25.6. The monoisotopic (exact) mass is 233 g/mol. The van der Waals surface area contributed by atoms with Crippen molar-refractivity contribution >= 4 is 11.6 Å². The van der Waals surface area contributed by atoms with Crippen molar-refractivity contribution in [3.8, 4) is 5.75 Å². The van der Waals surface area contributed by atoms with E-state index in [-0.39, 0.29) is 0 Å². The summed E-state index contributed by atoms with van der Waals surface area (Å²) >= 11 is 0. The smallest absolute Gasteiger partial charge is 0.195 e. The van der Waals surface area contributed by atoms with E-state index in [9.17, 15) is 0 Å². The maximum Gasteiger partial charge on any atom is 0.195 e. The van der Waals surface area contributed by atoms with Crippen LogP contribution in [-0.2, 0) is 4.74 Å². The lowest BCUT2D eigenvalue weighted by Gasteiger charge is -2.39. The largest absolute Gasteiger partial charge is 0.497 e. The molecule has 17 heavy (non-hydrogen) atoms. The summed E-state index contributed by atoms with van der Waals surface area (Å²) in [7, 11) is 1.66. The van der Waals surface area contributed by atoms with Crippen molar-refractivity contribution in [2.45, 2.75) is 26.9 Å². The molecule has 1 aliphatic heterocycles. The Balaban J connectivity index is 2.05. The predicted molar refractivity (Wildman–Crippen MR) is 69.0 cm³/mol. The van der Waals surface area contributed by atoms with Crippen LogP contribution in [0.15, 0.2) is 29.3 Å². The Morgan fingerprint density at radius 1 is 1.24 bits per heavy atom. The quantitative estimate of drug-likeness (QED) is 0.801. The topological polar surface area (TPSA) is 30.8 Å². The van der Waals surface area contributed by atoms with Gasteiger partial charge in [-0.2, -0.15) is 0 Å². The molecule has 1 aromatic rings. The zero-order chi connectivity index (χ0) is 12.4. The Labute approximate surface area is 102 Å². The summed E-state index contributed by atoms with van der Waals surface area (Å²) in [5.74, 6) is 2.64. The molecule has 0 amide bonds. The number of benzene rings is 1. The SMILES string of the molecule is COc1ccc(N=C2O[C@H](C(C)C)[C@@H]2C)cc1. The molecule has 0 saturated carbocycles. The first kappa shape index (κ1) is 12.0. The molecule has 2 rings (SSSR count). The van der Waals surface area contributed by atoms with Crippen LogP contribution < -0.4 is 4.74 Å². The molecule has 1 saturated heterocycles. The van der Waals surface area contributed by atoms with E-state index in [0.29, 0.717) is 17.9 Å². The molecule has 1 aromatic carbocycles. The van der Waals surface area contributed by atoms with E-state index in [2.05, 4.69) is 25.8 Å². The van der Waals surface area contributed by atoms with Gasteiger partial charge in [0.15, 0.2) is 5.90 Å². The van der Waals surface area contributed by atoms with Crippen molar-refractivity contribution in [3.05, 3.63) is 24.3 Å². The molecule has 3 heteroatoms. The van der Waals surface area contributed by atoms with Gasteiger partial charge in [0.05, 0.1) is 18.7 Å². The third-order valence-corrected chi connectivity index (χ3v) is 3.11. The Hall–Kier alpha value is -1.51. The lowest BCUT2D eigenvalue weighted by molar-refractivity contribution is 0.0284. The highest BCUT2D eigenvalue weighted by atomic mass is 16.5. The molecule has 0 bridgehead atoms. The van der Waals surface area contributed by atoms with E-state index >= 15 is 0 Å². The van der Waals surface area contributed by atoms with Crippen LogP contribution in [0, 0.1) is 11.8 Å². The van der Waals surface area contributed by atoms with Crippen molar-refractivity contribution in [2.24, 2.45) is 16.8 Å². The average Bonchev–Trinajstić information content (AvgIpc) is 2.33. The van der Waals surface area contributed by atoms with Crippen molar-refractivity contribution < 1.29 is 9.47 Å². The summed E-state index contributed by atoms with van der Waals surface area (Å²) in [6.07, 6.45) is 0.312. The highest BCUT2D eigenvalue weighted by molar-refractivity contribution is 5.86. The molecule has 0 spiro atoms. The van der Waals surface area contributed by atoms with Gasteiger partial charge in [-0.15, -0.1) is 0 Å². The second-order valence-electron chi connectivity index (χ2n) is 4.76. The van der Waals surface area contributed by atoms with Gasteiger partial charge >= 0.3 is 0 Å². The van der Waals surface area contributed by atoms with Crippen LogP contribution in [-0.4, -0.2) is 19.1 Å². The summed E-state index contributed by atoms with van der Waals surface area (Å²) in [5, 5.41) is 0. The van der Waals surface area contributed by atoms with Gasteiger partial charge in [0, 0.05) is 0 Å². The minimum atomic E-state index is 0.312. The third kappa shape index (κ3) is 2.43. The summed E-state index contributed by atoms with van der Waals surface area (Å²) in [5.41, 5.74) is 0.912. The van der Waals surface area contributed by atoms with Gasteiger partial charge in [-0.1, -0.05) is 20.8 Å². The van der Waals surface area contributed by atoms with E-state index < -0.39 is 0 Å². The molecule has 0 aromatic heterocycles. The number of methoxy groups -OCH3 is 1. The van der Waals surface area contributed by atoms with Crippen LogP contribution in [0.25, 0.3) is 0 Å². The molecule has 1 heterocycles. The second-order valence-corrected chi connectivity index (χ2v) is 4.76. The van der Waals surface area contributed by atoms with Crippen molar-refractivity contribution in [2.75, 3.05) is 7.11 Å². The van der Waals surface area contributed by atoms with E-state index in [1.165, 1.54) is 0 Å². The standard InChI is InChI=1S/C14H19NO2/c1-9(2)13-10(3)14(17-13)15-11-5-7-12(16-4)8-6-11/h5-10,13H,1-4H3/t10-,13+/m0/s1. The average molecular weight is 233 g/mol. The fourth-order valence-electron chi connectivity index (χ4n) is 2.04. The number of ether oxygens (including phenoxy) is 2. The molecular formula is C14H19NO2. The van der Waals surface area contributed by atoms with E-state index in [0.717, 1.165) is 17.3 Å².